The van der Waals surface area contributed by atoms with Gasteiger partial charge in [0.05, 0.1) is 13.2 Å². The van der Waals surface area contributed by atoms with Crippen LogP contribution in [0, 0.1) is 0 Å². The average molecular weight is 387 g/mol. The topological polar surface area (TPSA) is 47.3 Å². The second-order valence-electron chi connectivity index (χ2n) is 7.92. The first kappa shape index (κ1) is 22.5. The molecule has 1 aromatic heterocycles. The normalized spacial score (nSPS) is 13.4. The van der Waals surface area contributed by atoms with Crippen molar-refractivity contribution in [1.82, 2.24) is 9.55 Å². The minimum absolute atomic E-state index is 0.467. The molecule has 0 aliphatic carbocycles. The standard InChI is InChI=1S/C24H38N2O2/c1-4-6-7-8-9-10-11-14-19-28-22-16-13-12-15-21(22)24(3,27)20-26-18-17-25-23(26)5-2/h12-13,15-18,27H,4-11,14,19-20H2,1-3H3. The molecule has 1 N–H and O–H groups in total. The van der Waals surface area contributed by atoms with Crippen molar-refractivity contribution in [2.45, 2.75) is 90.7 Å². The Labute approximate surface area is 171 Å². The third-order valence-electron chi connectivity index (χ3n) is 5.32. The summed E-state index contributed by atoms with van der Waals surface area (Å²) < 4.78 is 8.08. The summed E-state index contributed by atoms with van der Waals surface area (Å²) in [6.45, 7) is 7.35. The van der Waals surface area contributed by atoms with Gasteiger partial charge in [-0.2, -0.15) is 0 Å². The van der Waals surface area contributed by atoms with Gasteiger partial charge in [0, 0.05) is 24.4 Å². The molecule has 0 saturated heterocycles. The van der Waals surface area contributed by atoms with Gasteiger partial charge < -0.3 is 14.4 Å². The summed E-state index contributed by atoms with van der Waals surface area (Å²) in [7, 11) is 0. The molecule has 1 atom stereocenters. The lowest BCUT2D eigenvalue weighted by Crippen LogP contribution is -2.29. The Morgan fingerprint density at radius 1 is 1.00 bits per heavy atom. The molecule has 2 rings (SSSR count). The van der Waals surface area contributed by atoms with Crippen LogP contribution in [0.5, 0.6) is 5.75 Å². The quantitative estimate of drug-likeness (QED) is 0.413. The van der Waals surface area contributed by atoms with Gasteiger partial charge >= 0.3 is 0 Å². The first-order valence-corrected chi connectivity index (χ1v) is 11.0. The van der Waals surface area contributed by atoms with E-state index in [1.165, 1.54) is 44.9 Å². The van der Waals surface area contributed by atoms with Gasteiger partial charge in [0.15, 0.2) is 0 Å². The molecule has 0 aliphatic heterocycles. The van der Waals surface area contributed by atoms with E-state index >= 15 is 0 Å². The number of aromatic nitrogens is 2. The summed E-state index contributed by atoms with van der Waals surface area (Å²) in [5.74, 6) is 1.77. The van der Waals surface area contributed by atoms with Crippen molar-refractivity contribution in [2.75, 3.05) is 6.61 Å². The number of ether oxygens (including phenoxy) is 1. The van der Waals surface area contributed by atoms with Crippen LogP contribution in [0.25, 0.3) is 0 Å². The molecule has 156 valence electrons. The number of imidazole rings is 1. The first-order chi connectivity index (χ1) is 13.6. The molecule has 0 saturated carbocycles. The molecule has 1 heterocycles. The number of aliphatic hydroxyl groups is 1. The predicted octanol–water partition coefficient (Wildman–Crippen LogP) is 5.87. The van der Waals surface area contributed by atoms with Gasteiger partial charge in [-0.25, -0.2) is 4.98 Å². The highest BCUT2D eigenvalue weighted by molar-refractivity contribution is 5.37. The minimum Gasteiger partial charge on any atom is -0.493 e. The molecular formula is C24H38N2O2. The molecule has 0 spiro atoms. The van der Waals surface area contributed by atoms with Crippen LogP contribution in [-0.4, -0.2) is 21.3 Å². The summed E-state index contributed by atoms with van der Waals surface area (Å²) in [5.41, 5.74) is -0.175. The van der Waals surface area contributed by atoms with Crippen molar-refractivity contribution in [3.05, 3.63) is 48.0 Å². The zero-order valence-electron chi connectivity index (χ0n) is 18.0. The van der Waals surface area contributed by atoms with E-state index in [1.54, 1.807) is 6.20 Å². The van der Waals surface area contributed by atoms with Crippen molar-refractivity contribution in [2.24, 2.45) is 0 Å². The van der Waals surface area contributed by atoms with E-state index in [2.05, 4.69) is 18.8 Å². The fraction of sp³-hybridized carbons (Fsp3) is 0.625. The van der Waals surface area contributed by atoms with Crippen molar-refractivity contribution >= 4 is 0 Å². The second-order valence-corrected chi connectivity index (χ2v) is 7.92. The van der Waals surface area contributed by atoms with Gasteiger partial charge in [0.1, 0.15) is 17.2 Å². The van der Waals surface area contributed by atoms with Crippen LogP contribution >= 0.6 is 0 Å². The Bertz CT molecular complexity index is 679. The monoisotopic (exact) mass is 386 g/mol. The highest BCUT2D eigenvalue weighted by Crippen LogP contribution is 2.31. The number of hydrogen-bond donors (Lipinski definition) is 1. The number of aryl methyl sites for hydroxylation is 1. The summed E-state index contributed by atoms with van der Waals surface area (Å²) in [4.78, 5) is 4.36. The SMILES string of the molecule is CCCCCCCCCCOc1ccccc1C(C)(O)Cn1ccnc1CC. The Morgan fingerprint density at radius 3 is 2.39 bits per heavy atom. The van der Waals surface area contributed by atoms with Gasteiger partial charge in [-0.1, -0.05) is 77.0 Å². The van der Waals surface area contributed by atoms with E-state index in [9.17, 15) is 5.11 Å². The zero-order chi connectivity index (χ0) is 20.2. The highest BCUT2D eigenvalue weighted by Gasteiger charge is 2.28. The Kier molecular flexibility index (Phi) is 9.56. The van der Waals surface area contributed by atoms with Crippen molar-refractivity contribution in [3.8, 4) is 5.75 Å². The third-order valence-corrected chi connectivity index (χ3v) is 5.32. The van der Waals surface area contributed by atoms with E-state index in [0.29, 0.717) is 13.2 Å². The first-order valence-electron chi connectivity index (χ1n) is 11.0. The summed E-state index contributed by atoms with van der Waals surface area (Å²) in [6, 6.07) is 7.85. The van der Waals surface area contributed by atoms with Crippen molar-refractivity contribution in [1.29, 1.82) is 0 Å². The lowest BCUT2D eigenvalue weighted by atomic mass is 9.94. The lowest BCUT2D eigenvalue weighted by Gasteiger charge is -2.27. The van der Waals surface area contributed by atoms with Gasteiger partial charge in [-0.05, 0) is 19.4 Å². The van der Waals surface area contributed by atoms with Crippen molar-refractivity contribution < 1.29 is 9.84 Å². The van der Waals surface area contributed by atoms with Gasteiger partial charge in [-0.15, -0.1) is 0 Å². The maximum absolute atomic E-state index is 11.2. The lowest BCUT2D eigenvalue weighted by molar-refractivity contribution is 0.0344. The van der Waals surface area contributed by atoms with Crippen LogP contribution in [0.3, 0.4) is 0 Å². The Morgan fingerprint density at radius 2 is 1.68 bits per heavy atom. The van der Waals surface area contributed by atoms with Gasteiger partial charge in [-0.3, -0.25) is 0 Å². The number of hydrogen-bond acceptors (Lipinski definition) is 3. The maximum atomic E-state index is 11.2. The molecule has 4 heteroatoms. The number of para-hydroxylation sites is 1. The summed E-state index contributed by atoms with van der Waals surface area (Å²) in [6.07, 6.45) is 14.8. The smallest absolute Gasteiger partial charge is 0.125 e. The molecule has 0 radical (unpaired) electrons. The highest BCUT2D eigenvalue weighted by atomic mass is 16.5. The number of benzene rings is 1. The molecule has 0 amide bonds. The largest absolute Gasteiger partial charge is 0.493 e. The number of rotatable bonds is 14. The molecule has 0 fully saturated rings. The molecular weight excluding hydrogens is 348 g/mol. The summed E-state index contributed by atoms with van der Waals surface area (Å²) >= 11 is 0. The predicted molar refractivity (Wildman–Crippen MR) is 116 cm³/mol. The molecule has 28 heavy (non-hydrogen) atoms. The van der Waals surface area contributed by atoms with Crippen LogP contribution < -0.4 is 4.74 Å². The number of nitrogens with zero attached hydrogens (tertiary/aromatic N) is 2. The summed E-state index contributed by atoms with van der Waals surface area (Å²) in [5, 5.41) is 11.2. The van der Waals surface area contributed by atoms with Gasteiger partial charge in [0.2, 0.25) is 0 Å². The zero-order valence-corrected chi connectivity index (χ0v) is 18.0. The number of unbranched alkanes of at least 4 members (excludes halogenated alkanes) is 7. The molecule has 0 bridgehead atoms. The van der Waals surface area contributed by atoms with E-state index in [1.807, 2.05) is 42.0 Å². The van der Waals surface area contributed by atoms with Crippen LogP contribution in [0.15, 0.2) is 36.7 Å². The van der Waals surface area contributed by atoms with Crippen LogP contribution in [0.4, 0.5) is 0 Å². The third kappa shape index (κ3) is 6.97. The Balaban J connectivity index is 1.84. The van der Waals surface area contributed by atoms with Gasteiger partial charge in [0.25, 0.3) is 0 Å². The van der Waals surface area contributed by atoms with Crippen molar-refractivity contribution in [3.63, 3.8) is 0 Å². The maximum Gasteiger partial charge on any atom is 0.125 e. The second kappa shape index (κ2) is 11.9. The van der Waals surface area contributed by atoms with E-state index in [-0.39, 0.29) is 0 Å². The Hall–Kier alpha value is -1.81. The fourth-order valence-corrected chi connectivity index (χ4v) is 3.67. The molecule has 0 aliphatic rings. The molecule has 4 nitrogen and oxygen atoms in total. The average Bonchev–Trinajstić information content (AvgIpc) is 3.13. The molecule has 1 unspecified atom stereocenters. The van der Waals surface area contributed by atoms with E-state index in [4.69, 9.17) is 4.74 Å². The van der Waals surface area contributed by atoms with Crippen LogP contribution in [-0.2, 0) is 18.6 Å². The van der Waals surface area contributed by atoms with Crippen LogP contribution in [0.2, 0.25) is 0 Å². The molecule has 2 aromatic rings. The minimum atomic E-state index is -1.01. The fourth-order valence-electron chi connectivity index (χ4n) is 3.67. The van der Waals surface area contributed by atoms with Crippen LogP contribution in [0.1, 0.15) is 83.5 Å². The van der Waals surface area contributed by atoms with E-state index in [0.717, 1.165) is 30.0 Å². The van der Waals surface area contributed by atoms with E-state index < -0.39 is 5.60 Å². The molecule has 1 aromatic carbocycles.